The molecule has 0 radical (unpaired) electrons. The number of aliphatic hydroxyl groups excluding tert-OH is 1. The minimum absolute atomic E-state index is 0.193. The summed E-state index contributed by atoms with van der Waals surface area (Å²) in [5.41, 5.74) is 0.00497. The Hall–Kier alpha value is -1.07. The first-order chi connectivity index (χ1) is 8.95. The third-order valence-electron chi connectivity index (χ3n) is 3.50. The van der Waals surface area contributed by atoms with Gasteiger partial charge in [0, 0.05) is 12.6 Å². The molecule has 1 fully saturated rings. The van der Waals surface area contributed by atoms with Crippen LogP contribution in [0.1, 0.15) is 36.8 Å². The standard InChI is InChI=1S/C14H18F3NO/c15-14(16,17)11-4-1-3-10(7-11)9-18-12-5-2-6-13(19)8-12/h1,3-4,7,12-13,18-19H,2,5-6,8-9H2. The topological polar surface area (TPSA) is 32.3 Å². The number of halogens is 3. The second-order valence-corrected chi connectivity index (χ2v) is 5.10. The van der Waals surface area contributed by atoms with Gasteiger partial charge in [-0.25, -0.2) is 0 Å². The molecular formula is C14H18F3NO. The van der Waals surface area contributed by atoms with Crippen LogP contribution in [0.15, 0.2) is 24.3 Å². The van der Waals surface area contributed by atoms with E-state index in [2.05, 4.69) is 5.32 Å². The molecule has 0 saturated heterocycles. The average molecular weight is 273 g/mol. The molecule has 2 atom stereocenters. The molecule has 1 saturated carbocycles. The van der Waals surface area contributed by atoms with Gasteiger partial charge in [-0.1, -0.05) is 18.2 Å². The molecule has 0 amide bonds. The maximum absolute atomic E-state index is 12.6. The highest BCUT2D eigenvalue weighted by atomic mass is 19.4. The predicted octanol–water partition coefficient (Wildman–Crippen LogP) is 3.10. The van der Waals surface area contributed by atoms with Gasteiger partial charge in [0.2, 0.25) is 0 Å². The summed E-state index contributed by atoms with van der Waals surface area (Å²) in [6.45, 7) is 0.404. The van der Waals surface area contributed by atoms with Crippen molar-refractivity contribution in [2.75, 3.05) is 0 Å². The van der Waals surface area contributed by atoms with Crippen LogP contribution in [0.4, 0.5) is 13.2 Å². The lowest BCUT2D eigenvalue weighted by molar-refractivity contribution is -0.137. The van der Waals surface area contributed by atoms with E-state index in [-0.39, 0.29) is 12.1 Å². The van der Waals surface area contributed by atoms with E-state index >= 15 is 0 Å². The number of rotatable bonds is 3. The summed E-state index contributed by atoms with van der Waals surface area (Å²) in [5, 5.41) is 12.8. The first-order valence-electron chi connectivity index (χ1n) is 6.53. The summed E-state index contributed by atoms with van der Waals surface area (Å²) in [6.07, 6.45) is -1.15. The monoisotopic (exact) mass is 273 g/mol. The molecule has 2 unspecified atom stereocenters. The predicted molar refractivity (Wildman–Crippen MR) is 66.5 cm³/mol. The molecule has 1 aromatic carbocycles. The lowest BCUT2D eigenvalue weighted by Crippen LogP contribution is -2.35. The van der Waals surface area contributed by atoms with Gasteiger partial charge >= 0.3 is 6.18 Å². The Balaban J connectivity index is 1.92. The summed E-state index contributed by atoms with van der Waals surface area (Å²) >= 11 is 0. The van der Waals surface area contributed by atoms with Crippen molar-refractivity contribution in [3.8, 4) is 0 Å². The van der Waals surface area contributed by atoms with Crippen molar-refractivity contribution >= 4 is 0 Å². The van der Waals surface area contributed by atoms with Crippen LogP contribution in [-0.2, 0) is 12.7 Å². The molecule has 5 heteroatoms. The molecule has 2 rings (SSSR count). The van der Waals surface area contributed by atoms with Crippen LogP contribution in [0.5, 0.6) is 0 Å². The fourth-order valence-corrected chi connectivity index (χ4v) is 2.47. The lowest BCUT2D eigenvalue weighted by atomic mass is 9.93. The zero-order valence-corrected chi connectivity index (χ0v) is 10.6. The minimum Gasteiger partial charge on any atom is -0.393 e. The molecule has 2 N–H and O–H groups in total. The van der Waals surface area contributed by atoms with E-state index < -0.39 is 11.7 Å². The Kier molecular flexibility index (Phi) is 4.47. The smallest absolute Gasteiger partial charge is 0.393 e. The average Bonchev–Trinajstić information content (AvgIpc) is 2.36. The van der Waals surface area contributed by atoms with Crippen molar-refractivity contribution in [2.45, 2.75) is 50.6 Å². The molecule has 19 heavy (non-hydrogen) atoms. The molecule has 1 aliphatic carbocycles. The number of hydrogen-bond donors (Lipinski definition) is 2. The first kappa shape index (κ1) is 14.3. The molecule has 0 aliphatic heterocycles. The van der Waals surface area contributed by atoms with Gasteiger partial charge in [0.25, 0.3) is 0 Å². The van der Waals surface area contributed by atoms with Crippen LogP contribution in [0.25, 0.3) is 0 Å². The van der Waals surface area contributed by atoms with E-state index in [4.69, 9.17) is 0 Å². The van der Waals surface area contributed by atoms with Gasteiger partial charge in [-0.05, 0) is 37.3 Å². The van der Waals surface area contributed by atoms with Crippen molar-refractivity contribution in [2.24, 2.45) is 0 Å². The van der Waals surface area contributed by atoms with Crippen molar-refractivity contribution in [1.29, 1.82) is 0 Å². The fraction of sp³-hybridized carbons (Fsp3) is 0.571. The van der Waals surface area contributed by atoms with Gasteiger partial charge < -0.3 is 10.4 Å². The van der Waals surface area contributed by atoms with Crippen LogP contribution in [0, 0.1) is 0 Å². The second-order valence-electron chi connectivity index (χ2n) is 5.10. The molecule has 106 valence electrons. The molecule has 1 aliphatic rings. The SMILES string of the molecule is OC1CCCC(NCc2cccc(C(F)(F)F)c2)C1. The zero-order chi connectivity index (χ0) is 13.9. The molecule has 0 heterocycles. The van der Waals surface area contributed by atoms with Crippen LogP contribution < -0.4 is 5.32 Å². The molecule has 0 spiro atoms. The van der Waals surface area contributed by atoms with E-state index in [0.717, 1.165) is 25.3 Å². The Morgan fingerprint density at radius 3 is 2.74 bits per heavy atom. The summed E-state index contributed by atoms with van der Waals surface area (Å²) in [4.78, 5) is 0. The Bertz CT molecular complexity index is 419. The maximum atomic E-state index is 12.6. The van der Waals surface area contributed by atoms with E-state index in [0.29, 0.717) is 18.5 Å². The molecule has 0 bridgehead atoms. The highest BCUT2D eigenvalue weighted by molar-refractivity contribution is 5.25. The second kappa shape index (κ2) is 5.92. The number of hydrogen-bond acceptors (Lipinski definition) is 2. The Morgan fingerprint density at radius 1 is 1.26 bits per heavy atom. The summed E-state index contributed by atoms with van der Waals surface area (Å²) in [6, 6.07) is 5.55. The first-order valence-corrected chi connectivity index (χ1v) is 6.53. The van der Waals surface area contributed by atoms with E-state index in [1.54, 1.807) is 6.07 Å². The van der Waals surface area contributed by atoms with Gasteiger partial charge in [0.05, 0.1) is 11.7 Å². The summed E-state index contributed by atoms with van der Waals surface area (Å²) in [7, 11) is 0. The maximum Gasteiger partial charge on any atom is 0.416 e. The Morgan fingerprint density at radius 2 is 2.05 bits per heavy atom. The van der Waals surface area contributed by atoms with Gasteiger partial charge in [-0.2, -0.15) is 13.2 Å². The highest BCUT2D eigenvalue weighted by Gasteiger charge is 2.30. The highest BCUT2D eigenvalue weighted by Crippen LogP contribution is 2.29. The van der Waals surface area contributed by atoms with Gasteiger partial charge in [-0.15, -0.1) is 0 Å². The number of benzene rings is 1. The quantitative estimate of drug-likeness (QED) is 0.887. The lowest BCUT2D eigenvalue weighted by Gasteiger charge is -2.26. The van der Waals surface area contributed by atoms with Crippen molar-refractivity contribution < 1.29 is 18.3 Å². The van der Waals surface area contributed by atoms with Gasteiger partial charge in [0.15, 0.2) is 0 Å². The summed E-state index contributed by atoms with van der Waals surface area (Å²) < 4.78 is 37.7. The molecule has 1 aromatic rings. The van der Waals surface area contributed by atoms with E-state index in [9.17, 15) is 18.3 Å². The van der Waals surface area contributed by atoms with Gasteiger partial charge in [-0.3, -0.25) is 0 Å². The van der Waals surface area contributed by atoms with Crippen molar-refractivity contribution in [1.82, 2.24) is 5.32 Å². The Labute approximate surface area is 110 Å². The van der Waals surface area contributed by atoms with E-state index in [1.165, 1.54) is 12.1 Å². The number of alkyl halides is 3. The zero-order valence-electron chi connectivity index (χ0n) is 10.6. The van der Waals surface area contributed by atoms with Gasteiger partial charge in [0.1, 0.15) is 0 Å². The third kappa shape index (κ3) is 4.21. The van der Waals surface area contributed by atoms with Crippen LogP contribution in [0.3, 0.4) is 0 Å². The molecule has 2 nitrogen and oxygen atoms in total. The largest absolute Gasteiger partial charge is 0.416 e. The normalized spacial score (nSPS) is 24.4. The third-order valence-corrected chi connectivity index (χ3v) is 3.50. The van der Waals surface area contributed by atoms with Crippen molar-refractivity contribution in [3.05, 3.63) is 35.4 Å². The fourth-order valence-electron chi connectivity index (χ4n) is 2.47. The summed E-state index contributed by atoms with van der Waals surface area (Å²) in [5.74, 6) is 0. The number of nitrogens with one attached hydrogen (secondary N) is 1. The van der Waals surface area contributed by atoms with Crippen LogP contribution >= 0.6 is 0 Å². The molecule has 0 aromatic heterocycles. The molecular weight excluding hydrogens is 255 g/mol. The van der Waals surface area contributed by atoms with Crippen molar-refractivity contribution in [3.63, 3.8) is 0 Å². The van der Waals surface area contributed by atoms with E-state index in [1.807, 2.05) is 0 Å². The van der Waals surface area contributed by atoms with Crippen LogP contribution in [0.2, 0.25) is 0 Å². The minimum atomic E-state index is -4.29. The van der Waals surface area contributed by atoms with Crippen LogP contribution in [-0.4, -0.2) is 17.3 Å². The number of aliphatic hydroxyl groups is 1.